The lowest BCUT2D eigenvalue weighted by molar-refractivity contribution is 0.101. The van der Waals surface area contributed by atoms with E-state index < -0.39 is 0 Å². The highest BCUT2D eigenvalue weighted by molar-refractivity contribution is 9.10. The molecule has 25 heavy (non-hydrogen) atoms. The molecule has 0 bridgehead atoms. The van der Waals surface area contributed by atoms with Crippen molar-refractivity contribution in [1.29, 1.82) is 0 Å². The van der Waals surface area contributed by atoms with Crippen LogP contribution in [0, 0.1) is 6.92 Å². The number of hydrogen-bond donors (Lipinski definition) is 1. The summed E-state index contributed by atoms with van der Waals surface area (Å²) in [6, 6.07) is 9.38. The molecule has 2 heterocycles. The molecule has 1 amide bonds. The van der Waals surface area contributed by atoms with Gasteiger partial charge in [0.2, 0.25) is 0 Å². The van der Waals surface area contributed by atoms with Gasteiger partial charge in [-0.2, -0.15) is 5.10 Å². The zero-order valence-electron chi connectivity index (χ0n) is 13.8. The number of halogens is 3. The normalized spacial score (nSPS) is 11.0. The predicted octanol–water partition coefficient (Wildman–Crippen LogP) is 5.06. The van der Waals surface area contributed by atoms with Gasteiger partial charge in [-0.25, -0.2) is 0 Å². The van der Waals surface area contributed by atoms with E-state index in [1.54, 1.807) is 29.4 Å². The molecule has 0 saturated carbocycles. The number of aryl methyl sites for hydroxylation is 2. The number of carbonyl (C=O) groups is 1. The Morgan fingerprint density at radius 1 is 1.20 bits per heavy atom. The highest BCUT2D eigenvalue weighted by atomic mass is 79.9. The lowest BCUT2D eigenvalue weighted by Gasteiger charge is -2.10. The number of aromatic nitrogens is 3. The maximum Gasteiger partial charge on any atom is 0.273 e. The Labute approximate surface area is 163 Å². The number of nitrogens with zero attached hydrogens (tertiary/aromatic N) is 3. The van der Waals surface area contributed by atoms with Crippen molar-refractivity contribution in [3.8, 4) is 11.1 Å². The average molecular weight is 442 g/mol. The van der Waals surface area contributed by atoms with E-state index in [1.165, 1.54) is 0 Å². The molecule has 0 radical (unpaired) electrons. The van der Waals surface area contributed by atoms with Gasteiger partial charge in [0, 0.05) is 24.1 Å². The first kappa shape index (κ1) is 18.0. The highest BCUT2D eigenvalue weighted by Crippen LogP contribution is 2.33. The molecule has 2 aromatic heterocycles. The number of carbonyl (C=O) groups excluding carboxylic acids is 1. The van der Waals surface area contributed by atoms with E-state index in [2.05, 4.69) is 26.3 Å². The number of benzene rings is 1. The fourth-order valence-corrected chi connectivity index (χ4v) is 3.34. The predicted molar refractivity (Wildman–Crippen MR) is 104 cm³/mol. The first-order chi connectivity index (χ1) is 11.8. The third kappa shape index (κ3) is 3.34. The standard InChI is InChI=1S/C17H15BrCl2N4O/c1-9-14(10-4-6-11(18)7-5-10)16(24(3)22-9)21-17(25)13-8-12(19)15(20)23(13)2/h4-8H,1-3H3,(H,21,25). The van der Waals surface area contributed by atoms with Crippen molar-refractivity contribution < 1.29 is 4.79 Å². The van der Waals surface area contributed by atoms with Gasteiger partial charge in [-0.1, -0.05) is 51.3 Å². The Bertz CT molecular complexity index is 960. The summed E-state index contributed by atoms with van der Waals surface area (Å²) in [5.41, 5.74) is 3.03. The molecule has 5 nitrogen and oxygen atoms in total. The van der Waals surface area contributed by atoms with E-state index in [4.69, 9.17) is 23.2 Å². The zero-order chi connectivity index (χ0) is 18.3. The van der Waals surface area contributed by atoms with Crippen molar-refractivity contribution in [3.63, 3.8) is 0 Å². The van der Waals surface area contributed by atoms with Crippen LogP contribution < -0.4 is 5.32 Å². The van der Waals surface area contributed by atoms with Crippen LogP contribution in [0.1, 0.15) is 16.2 Å². The van der Waals surface area contributed by atoms with Crippen LogP contribution in [-0.2, 0) is 14.1 Å². The molecular formula is C17H15BrCl2N4O. The van der Waals surface area contributed by atoms with Gasteiger partial charge in [0.1, 0.15) is 16.7 Å². The minimum absolute atomic E-state index is 0.308. The summed E-state index contributed by atoms with van der Waals surface area (Å²) in [5.74, 6) is 0.302. The van der Waals surface area contributed by atoms with Gasteiger partial charge in [0.05, 0.1) is 10.7 Å². The Hall–Kier alpha value is -1.76. The molecule has 130 valence electrons. The van der Waals surface area contributed by atoms with Gasteiger partial charge < -0.3 is 9.88 Å². The molecule has 0 saturated heterocycles. The van der Waals surface area contributed by atoms with Crippen molar-refractivity contribution in [2.24, 2.45) is 14.1 Å². The summed E-state index contributed by atoms with van der Waals surface area (Å²) < 4.78 is 4.18. The molecule has 0 aliphatic carbocycles. The van der Waals surface area contributed by atoms with E-state index in [9.17, 15) is 4.79 Å². The van der Waals surface area contributed by atoms with E-state index >= 15 is 0 Å². The topological polar surface area (TPSA) is 51.9 Å². The van der Waals surface area contributed by atoms with E-state index in [0.717, 1.165) is 21.3 Å². The molecule has 1 N–H and O–H groups in total. The Balaban J connectivity index is 2.02. The largest absolute Gasteiger partial charge is 0.329 e. The SMILES string of the molecule is Cc1nn(C)c(NC(=O)c2cc(Cl)c(Cl)n2C)c1-c1ccc(Br)cc1. The van der Waals surface area contributed by atoms with Crippen molar-refractivity contribution in [3.05, 3.63) is 56.4 Å². The van der Waals surface area contributed by atoms with E-state index in [0.29, 0.717) is 21.7 Å². The van der Waals surface area contributed by atoms with Crippen LogP contribution in [0.2, 0.25) is 10.2 Å². The van der Waals surface area contributed by atoms with Crippen molar-refractivity contribution in [2.45, 2.75) is 6.92 Å². The Morgan fingerprint density at radius 2 is 1.84 bits per heavy atom. The molecule has 3 rings (SSSR count). The van der Waals surface area contributed by atoms with Crippen molar-refractivity contribution >= 4 is 50.9 Å². The molecule has 1 aromatic carbocycles. The summed E-state index contributed by atoms with van der Waals surface area (Å²) in [5, 5.41) is 8.01. The van der Waals surface area contributed by atoms with Gasteiger partial charge in [0.15, 0.2) is 0 Å². The van der Waals surface area contributed by atoms with Crippen LogP contribution >= 0.6 is 39.1 Å². The highest BCUT2D eigenvalue weighted by Gasteiger charge is 2.21. The second-order valence-electron chi connectivity index (χ2n) is 5.62. The summed E-state index contributed by atoms with van der Waals surface area (Å²) >= 11 is 15.5. The molecule has 0 aliphatic heterocycles. The number of anilines is 1. The molecule has 0 fully saturated rings. The fourth-order valence-electron chi connectivity index (χ4n) is 2.70. The smallest absolute Gasteiger partial charge is 0.273 e. The van der Waals surface area contributed by atoms with Crippen LogP contribution in [0.4, 0.5) is 5.82 Å². The first-order valence-electron chi connectivity index (χ1n) is 7.41. The summed E-state index contributed by atoms with van der Waals surface area (Å²) in [6.45, 7) is 1.91. The summed E-state index contributed by atoms with van der Waals surface area (Å²) in [4.78, 5) is 12.7. The molecular weight excluding hydrogens is 427 g/mol. The molecule has 0 aliphatic rings. The maximum absolute atomic E-state index is 12.7. The maximum atomic E-state index is 12.7. The minimum Gasteiger partial charge on any atom is -0.329 e. The number of rotatable bonds is 3. The number of nitrogens with one attached hydrogen (secondary N) is 1. The lowest BCUT2D eigenvalue weighted by Crippen LogP contribution is -2.18. The second kappa shape index (κ2) is 6.86. The number of amides is 1. The molecule has 0 atom stereocenters. The van der Waals surface area contributed by atoms with Gasteiger partial charge in [-0.3, -0.25) is 9.48 Å². The zero-order valence-corrected chi connectivity index (χ0v) is 16.9. The van der Waals surface area contributed by atoms with Crippen molar-refractivity contribution in [1.82, 2.24) is 14.3 Å². The third-order valence-electron chi connectivity index (χ3n) is 3.94. The van der Waals surface area contributed by atoms with Crippen LogP contribution in [0.3, 0.4) is 0 Å². The lowest BCUT2D eigenvalue weighted by atomic mass is 10.1. The van der Waals surface area contributed by atoms with Gasteiger partial charge in [-0.15, -0.1) is 0 Å². The Morgan fingerprint density at radius 3 is 2.40 bits per heavy atom. The van der Waals surface area contributed by atoms with Crippen LogP contribution in [0.15, 0.2) is 34.8 Å². The summed E-state index contributed by atoms with van der Waals surface area (Å²) in [7, 11) is 3.48. The van der Waals surface area contributed by atoms with Gasteiger partial charge >= 0.3 is 0 Å². The van der Waals surface area contributed by atoms with Crippen LogP contribution in [0.25, 0.3) is 11.1 Å². The summed E-state index contributed by atoms with van der Waals surface area (Å²) in [6.07, 6.45) is 0. The monoisotopic (exact) mass is 440 g/mol. The molecule has 8 heteroatoms. The van der Waals surface area contributed by atoms with Crippen LogP contribution in [-0.4, -0.2) is 20.3 Å². The molecule has 0 spiro atoms. The quantitative estimate of drug-likeness (QED) is 0.617. The molecule has 3 aromatic rings. The van der Waals surface area contributed by atoms with Gasteiger partial charge in [-0.05, 0) is 30.7 Å². The van der Waals surface area contributed by atoms with E-state index in [1.807, 2.05) is 31.2 Å². The minimum atomic E-state index is -0.308. The fraction of sp³-hybridized carbons (Fsp3) is 0.176. The Kier molecular flexibility index (Phi) is 4.95. The van der Waals surface area contributed by atoms with E-state index in [-0.39, 0.29) is 5.91 Å². The third-order valence-corrected chi connectivity index (χ3v) is 5.31. The second-order valence-corrected chi connectivity index (χ2v) is 7.30. The average Bonchev–Trinajstić information content (AvgIpc) is 2.99. The first-order valence-corrected chi connectivity index (χ1v) is 8.96. The number of hydrogen-bond acceptors (Lipinski definition) is 2. The van der Waals surface area contributed by atoms with Crippen LogP contribution in [0.5, 0.6) is 0 Å². The van der Waals surface area contributed by atoms with Crippen molar-refractivity contribution in [2.75, 3.05) is 5.32 Å². The molecule has 0 unspecified atom stereocenters. The van der Waals surface area contributed by atoms with Gasteiger partial charge in [0.25, 0.3) is 5.91 Å².